The molecule has 0 aliphatic heterocycles. The highest BCUT2D eigenvalue weighted by molar-refractivity contribution is 6.43. The number of nitrogens with zero attached hydrogens (tertiary/aromatic N) is 2. The molecule has 0 N–H and O–H groups in total. The van der Waals surface area contributed by atoms with Gasteiger partial charge in [-0.2, -0.15) is 5.10 Å². The van der Waals surface area contributed by atoms with Crippen LogP contribution in [0.4, 0.5) is 0 Å². The topological polar surface area (TPSA) is 53.4 Å². The lowest BCUT2D eigenvalue weighted by Gasteiger charge is -2.15. The summed E-state index contributed by atoms with van der Waals surface area (Å²) in [5.41, 5.74) is 1.14. The van der Waals surface area contributed by atoms with E-state index >= 15 is 0 Å². The van der Waals surface area contributed by atoms with Crippen molar-refractivity contribution >= 4 is 34.1 Å². The number of aromatic nitrogens is 2. The van der Waals surface area contributed by atoms with Crippen LogP contribution in [0.3, 0.4) is 0 Å². The van der Waals surface area contributed by atoms with Gasteiger partial charge in [-0.05, 0) is 25.1 Å². The molecule has 1 aromatic heterocycles. The van der Waals surface area contributed by atoms with E-state index in [0.29, 0.717) is 52.0 Å². The van der Waals surface area contributed by atoms with Crippen molar-refractivity contribution in [3.63, 3.8) is 0 Å². The monoisotopic (exact) mass is 392 g/mol. The molecule has 0 aliphatic rings. The minimum absolute atomic E-state index is 0.226. The van der Waals surface area contributed by atoms with Crippen LogP contribution in [0.25, 0.3) is 22.2 Å². The lowest BCUT2D eigenvalue weighted by molar-refractivity contribution is 0.137. The van der Waals surface area contributed by atoms with Crippen LogP contribution in [0, 0.1) is 0 Å². The van der Waals surface area contributed by atoms with Gasteiger partial charge >= 0.3 is 0 Å². The van der Waals surface area contributed by atoms with Gasteiger partial charge in [0.1, 0.15) is 17.0 Å². The standard InChI is InChI=1S/C19H18Cl2N2O3/c1-3-26-11-10-23-18-13(7-5-9-15(18)25-2)19(24)17(22-23)12-6-4-8-14(20)16(12)21/h4-9H,3,10-11H2,1-2H3. The first kappa shape index (κ1) is 18.7. The molecule has 3 aromatic rings. The smallest absolute Gasteiger partial charge is 0.216 e. The summed E-state index contributed by atoms with van der Waals surface area (Å²) in [7, 11) is 1.56. The average Bonchev–Trinajstić information content (AvgIpc) is 2.66. The number of hydrogen-bond acceptors (Lipinski definition) is 4. The molecule has 5 nitrogen and oxygen atoms in total. The second-order valence-corrected chi connectivity index (χ2v) is 6.34. The molecule has 0 amide bonds. The van der Waals surface area contributed by atoms with Gasteiger partial charge in [-0.3, -0.25) is 9.48 Å². The molecule has 7 heteroatoms. The van der Waals surface area contributed by atoms with Crippen molar-refractivity contribution in [2.45, 2.75) is 13.5 Å². The number of hydrogen-bond donors (Lipinski definition) is 0. The zero-order chi connectivity index (χ0) is 18.7. The van der Waals surface area contributed by atoms with Crippen molar-refractivity contribution in [1.82, 2.24) is 9.78 Å². The Balaban J connectivity index is 2.30. The van der Waals surface area contributed by atoms with E-state index in [1.807, 2.05) is 6.92 Å². The third-order valence-electron chi connectivity index (χ3n) is 4.02. The second kappa shape index (κ2) is 8.08. The third kappa shape index (κ3) is 3.43. The molecule has 0 saturated carbocycles. The number of rotatable bonds is 6. The lowest BCUT2D eigenvalue weighted by Crippen LogP contribution is -2.19. The van der Waals surface area contributed by atoms with Crippen molar-refractivity contribution < 1.29 is 9.47 Å². The summed E-state index contributed by atoms with van der Waals surface area (Å²) in [5, 5.41) is 5.73. The van der Waals surface area contributed by atoms with E-state index < -0.39 is 0 Å². The fraction of sp³-hybridized carbons (Fsp3) is 0.263. The normalized spacial score (nSPS) is 11.1. The molecule has 2 aromatic carbocycles. The molecule has 0 bridgehead atoms. The first-order valence-electron chi connectivity index (χ1n) is 8.18. The maximum Gasteiger partial charge on any atom is 0.216 e. The van der Waals surface area contributed by atoms with Gasteiger partial charge in [0.05, 0.1) is 35.7 Å². The Bertz CT molecular complexity index is 1000. The zero-order valence-electron chi connectivity index (χ0n) is 14.5. The van der Waals surface area contributed by atoms with E-state index in [1.165, 1.54) is 0 Å². The van der Waals surface area contributed by atoms with E-state index in [2.05, 4.69) is 5.10 Å². The summed E-state index contributed by atoms with van der Waals surface area (Å²) >= 11 is 12.4. The first-order chi connectivity index (χ1) is 12.6. The molecule has 0 fully saturated rings. The summed E-state index contributed by atoms with van der Waals surface area (Å²) in [4.78, 5) is 13.1. The SMILES string of the molecule is CCOCCn1nc(-c2cccc(Cl)c2Cl)c(=O)c2cccc(OC)c21. The fourth-order valence-electron chi connectivity index (χ4n) is 2.80. The highest BCUT2D eigenvalue weighted by Crippen LogP contribution is 2.32. The summed E-state index contributed by atoms with van der Waals surface area (Å²) in [6.45, 7) is 3.45. The molecule has 0 radical (unpaired) electrons. The van der Waals surface area contributed by atoms with E-state index in [1.54, 1.807) is 48.2 Å². The van der Waals surface area contributed by atoms with Crippen LogP contribution in [-0.4, -0.2) is 30.1 Å². The summed E-state index contributed by atoms with van der Waals surface area (Å²) in [6, 6.07) is 10.5. The predicted octanol–water partition coefficient (Wildman–Crippen LogP) is 4.42. The number of fused-ring (bicyclic) bond motifs is 1. The van der Waals surface area contributed by atoms with E-state index in [9.17, 15) is 4.79 Å². The van der Waals surface area contributed by atoms with Crippen LogP contribution in [0.1, 0.15) is 6.92 Å². The van der Waals surface area contributed by atoms with Gasteiger partial charge in [0, 0.05) is 12.2 Å². The Morgan fingerprint density at radius 1 is 1.15 bits per heavy atom. The van der Waals surface area contributed by atoms with Crippen LogP contribution in [0.2, 0.25) is 10.0 Å². The van der Waals surface area contributed by atoms with Crippen molar-refractivity contribution in [3.05, 3.63) is 56.7 Å². The quantitative estimate of drug-likeness (QED) is 0.582. The van der Waals surface area contributed by atoms with E-state index in [4.69, 9.17) is 32.7 Å². The maximum atomic E-state index is 13.1. The molecule has 26 heavy (non-hydrogen) atoms. The highest BCUT2D eigenvalue weighted by Gasteiger charge is 2.18. The van der Waals surface area contributed by atoms with Gasteiger partial charge in [0.25, 0.3) is 0 Å². The molecule has 0 saturated heterocycles. The van der Waals surface area contributed by atoms with Crippen molar-refractivity contribution in [1.29, 1.82) is 0 Å². The lowest BCUT2D eigenvalue weighted by atomic mass is 10.1. The van der Waals surface area contributed by atoms with Crippen LogP contribution in [-0.2, 0) is 11.3 Å². The Labute approximate surface area is 161 Å². The van der Waals surface area contributed by atoms with Crippen LogP contribution in [0.5, 0.6) is 5.75 Å². The zero-order valence-corrected chi connectivity index (χ0v) is 16.0. The first-order valence-corrected chi connectivity index (χ1v) is 8.94. The molecule has 0 spiro atoms. The van der Waals surface area contributed by atoms with Crippen LogP contribution >= 0.6 is 23.2 Å². The number of ether oxygens (including phenoxy) is 2. The average molecular weight is 393 g/mol. The van der Waals surface area contributed by atoms with Crippen LogP contribution in [0.15, 0.2) is 41.2 Å². The van der Waals surface area contributed by atoms with Gasteiger partial charge in [0.15, 0.2) is 0 Å². The summed E-state index contributed by atoms with van der Waals surface area (Å²) in [6.07, 6.45) is 0. The van der Waals surface area contributed by atoms with Crippen molar-refractivity contribution in [3.8, 4) is 17.0 Å². The van der Waals surface area contributed by atoms with Gasteiger partial charge in [-0.1, -0.05) is 41.4 Å². The molecular formula is C19H18Cl2N2O3. The largest absolute Gasteiger partial charge is 0.494 e. The summed E-state index contributed by atoms with van der Waals surface area (Å²) in [5.74, 6) is 0.576. The minimum Gasteiger partial charge on any atom is -0.494 e. The van der Waals surface area contributed by atoms with Crippen molar-refractivity contribution in [2.24, 2.45) is 0 Å². The minimum atomic E-state index is -0.226. The van der Waals surface area contributed by atoms with Gasteiger partial charge in [-0.15, -0.1) is 0 Å². The number of methoxy groups -OCH3 is 1. The highest BCUT2D eigenvalue weighted by atomic mass is 35.5. The molecule has 0 aliphatic carbocycles. The molecule has 3 rings (SSSR count). The molecule has 1 heterocycles. The maximum absolute atomic E-state index is 13.1. The van der Waals surface area contributed by atoms with Gasteiger partial charge in [-0.25, -0.2) is 0 Å². The number of benzene rings is 2. The van der Waals surface area contributed by atoms with E-state index in [0.717, 1.165) is 0 Å². The molecule has 0 unspecified atom stereocenters. The number of para-hydroxylation sites is 1. The molecule has 136 valence electrons. The van der Waals surface area contributed by atoms with Gasteiger partial charge in [0.2, 0.25) is 5.43 Å². The fourth-order valence-corrected chi connectivity index (χ4v) is 3.19. The summed E-state index contributed by atoms with van der Waals surface area (Å²) < 4.78 is 12.6. The Morgan fingerprint density at radius 3 is 2.65 bits per heavy atom. The Hall–Kier alpha value is -2.08. The Morgan fingerprint density at radius 2 is 1.92 bits per heavy atom. The Kier molecular flexibility index (Phi) is 5.81. The number of halogens is 2. The van der Waals surface area contributed by atoms with Gasteiger partial charge < -0.3 is 9.47 Å². The van der Waals surface area contributed by atoms with Crippen molar-refractivity contribution in [2.75, 3.05) is 20.3 Å². The van der Waals surface area contributed by atoms with E-state index in [-0.39, 0.29) is 11.1 Å². The third-order valence-corrected chi connectivity index (χ3v) is 4.83. The van der Waals surface area contributed by atoms with Crippen LogP contribution < -0.4 is 10.2 Å². The predicted molar refractivity (Wildman–Crippen MR) is 105 cm³/mol. The second-order valence-electron chi connectivity index (χ2n) is 5.56. The molecule has 0 atom stereocenters. The molecular weight excluding hydrogens is 375 g/mol.